The number of rotatable bonds is 1. The molecule has 0 aromatic heterocycles. The van der Waals surface area contributed by atoms with Crippen LogP contribution in [0.2, 0.25) is 0 Å². The normalized spacial score (nSPS) is 19.4. The fraction of sp³-hybridized carbons (Fsp3) is 0.625. The summed E-state index contributed by atoms with van der Waals surface area (Å²) in [6, 6.07) is 0. The van der Waals surface area contributed by atoms with Crippen LogP contribution in [0.25, 0.3) is 0 Å². The van der Waals surface area contributed by atoms with Gasteiger partial charge in [-0.1, -0.05) is 6.92 Å². The second kappa shape index (κ2) is 3.52. The van der Waals surface area contributed by atoms with Gasteiger partial charge >= 0.3 is 0 Å². The van der Waals surface area contributed by atoms with Crippen LogP contribution >= 0.6 is 0 Å². The smallest absolute Gasteiger partial charge is 0.0399 e. The van der Waals surface area contributed by atoms with E-state index in [1.165, 1.54) is 11.3 Å². The van der Waals surface area contributed by atoms with E-state index >= 15 is 0 Å². The summed E-state index contributed by atoms with van der Waals surface area (Å²) in [5.41, 5.74) is 2.61. The van der Waals surface area contributed by atoms with E-state index in [0.717, 1.165) is 19.5 Å². The van der Waals surface area contributed by atoms with Gasteiger partial charge in [0, 0.05) is 25.0 Å². The van der Waals surface area contributed by atoms with E-state index in [2.05, 4.69) is 24.2 Å². The van der Waals surface area contributed by atoms with Crippen LogP contribution in [0.15, 0.2) is 16.3 Å². The first-order valence-corrected chi connectivity index (χ1v) is 3.76. The van der Waals surface area contributed by atoms with Crippen molar-refractivity contribution in [1.82, 2.24) is 5.32 Å². The van der Waals surface area contributed by atoms with Gasteiger partial charge in [-0.25, -0.2) is 0 Å². The maximum absolute atomic E-state index is 4.31. The van der Waals surface area contributed by atoms with Crippen LogP contribution < -0.4 is 5.32 Å². The van der Waals surface area contributed by atoms with Crippen LogP contribution in [0.3, 0.4) is 0 Å². The molecule has 0 radical (unpaired) electrons. The summed E-state index contributed by atoms with van der Waals surface area (Å²) in [5, 5.41) is 3.25. The van der Waals surface area contributed by atoms with E-state index in [0.29, 0.717) is 0 Å². The zero-order valence-corrected chi connectivity index (χ0v) is 6.65. The van der Waals surface area contributed by atoms with Crippen molar-refractivity contribution in [2.45, 2.75) is 20.3 Å². The van der Waals surface area contributed by atoms with Gasteiger partial charge in [0.2, 0.25) is 0 Å². The van der Waals surface area contributed by atoms with E-state index < -0.39 is 0 Å². The minimum absolute atomic E-state index is 0.904. The van der Waals surface area contributed by atoms with Gasteiger partial charge in [-0.2, -0.15) is 0 Å². The van der Waals surface area contributed by atoms with Crippen LogP contribution in [-0.4, -0.2) is 19.3 Å². The third-order valence-corrected chi connectivity index (χ3v) is 1.70. The molecule has 0 unspecified atom stereocenters. The topological polar surface area (TPSA) is 24.4 Å². The van der Waals surface area contributed by atoms with E-state index in [4.69, 9.17) is 0 Å². The number of nitrogens with one attached hydrogen (secondary N) is 1. The Balaban J connectivity index is 2.73. The summed E-state index contributed by atoms with van der Waals surface area (Å²) in [4.78, 5) is 4.31. The first kappa shape index (κ1) is 7.48. The Morgan fingerprint density at radius 3 is 3.20 bits per heavy atom. The molecule has 2 nitrogen and oxygen atoms in total. The number of hydrogen-bond donors (Lipinski definition) is 1. The van der Waals surface area contributed by atoms with E-state index in [-0.39, 0.29) is 0 Å². The highest BCUT2D eigenvalue weighted by Crippen LogP contribution is 2.09. The highest BCUT2D eigenvalue weighted by atomic mass is 14.9. The highest BCUT2D eigenvalue weighted by molar-refractivity contribution is 5.62. The molecule has 1 heterocycles. The number of hydrogen-bond acceptors (Lipinski definition) is 2. The van der Waals surface area contributed by atoms with E-state index in [1.54, 1.807) is 0 Å². The average Bonchev–Trinajstić information content (AvgIpc) is 2.13. The zero-order chi connectivity index (χ0) is 7.40. The lowest BCUT2D eigenvalue weighted by Crippen LogP contribution is -2.16. The Morgan fingerprint density at radius 2 is 2.50 bits per heavy atom. The van der Waals surface area contributed by atoms with Crippen molar-refractivity contribution in [2.24, 2.45) is 4.99 Å². The van der Waals surface area contributed by atoms with Crippen molar-refractivity contribution >= 4 is 6.21 Å². The molecule has 2 heteroatoms. The molecule has 0 fully saturated rings. The van der Waals surface area contributed by atoms with Gasteiger partial charge in [-0.05, 0) is 18.9 Å². The maximum Gasteiger partial charge on any atom is 0.0399 e. The first-order valence-electron chi connectivity index (χ1n) is 3.76. The summed E-state index contributed by atoms with van der Waals surface area (Å²) in [5.74, 6) is 0. The SMILES string of the molecule is CCC1=C(C)CNCC=N1. The molecule has 0 spiro atoms. The Hall–Kier alpha value is -0.630. The molecule has 1 aliphatic rings. The Morgan fingerprint density at radius 1 is 1.70 bits per heavy atom. The molecule has 1 N–H and O–H groups in total. The van der Waals surface area contributed by atoms with Crippen molar-refractivity contribution in [3.05, 3.63) is 11.3 Å². The van der Waals surface area contributed by atoms with Gasteiger partial charge in [0.1, 0.15) is 0 Å². The van der Waals surface area contributed by atoms with Crippen molar-refractivity contribution in [3.63, 3.8) is 0 Å². The third kappa shape index (κ3) is 1.67. The standard InChI is InChI=1S/C8H14N2/c1-3-8-7(2)6-9-4-5-10-8/h5,9H,3-4,6H2,1-2H3. The van der Waals surface area contributed by atoms with Gasteiger partial charge in [0.05, 0.1) is 0 Å². The number of nitrogens with zero attached hydrogens (tertiary/aromatic N) is 1. The average molecular weight is 138 g/mol. The van der Waals surface area contributed by atoms with Crippen molar-refractivity contribution < 1.29 is 0 Å². The molecule has 1 aliphatic heterocycles. The quantitative estimate of drug-likeness (QED) is 0.581. The second-order valence-corrected chi connectivity index (χ2v) is 2.52. The van der Waals surface area contributed by atoms with Crippen LogP contribution in [0.1, 0.15) is 20.3 Å². The van der Waals surface area contributed by atoms with Crippen LogP contribution in [0.5, 0.6) is 0 Å². The van der Waals surface area contributed by atoms with Gasteiger partial charge in [-0.3, -0.25) is 4.99 Å². The number of allylic oxidation sites excluding steroid dienone is 1. The molecule has 0 saturated carbocycles. The monoisotopic (exact) mass is 138 g/mol. The summed E-state index contributed by atoms with van der Waals surface area (Å²) in [6.07, 6.45) is 2.99. The van der Waals surface area contributed by atoms with Gasteiger partial charge in [0.25, 0.3) is 0 Å². The molecule has 0 atom stereocenters. The summed E-state index contributed by atoms with van der Waals surface area (Å²) in [7, 11) is 0. The van der Waals surface area contributed by atoms with E-state index in [1.807, 2.05) is 6.21 Å². The fourth-order valence-corrected chi connectivity index (χ4v) is 1.09. The minimum atomic E-state index is 0.904. The molecule has 0 aromatic carbocycles. The van der Waals surface area contributed by atoms with Crippen LogP contribution in [0.4, 0.5) is 0 Å². The second-order valence-electron chi connectivity index (χ2n) is 2.52. The van der Waals surface area contributed by atoms with E-state index in [9.17, 15) is 0 Å². The van der Waals surface area contributed by atoms with Crippen molar-refractivity contribution in [1.29, 1.82) is 0 Å². The lowest BCUT2D eigenvalue weighted by atomic mass is 10.2. The van der Waals surface area contributed by atoms with Crippen LogP contribution in [-0.2, 0) is 0 Å². The molecule has 0 aliphatic carbocycles. The van der Waals surface area contributed by atoms with Crippen LogP contribution in [0, 0.1) is 0 Å². The summed E-state index contributed by atoms with van der Waals surface area (Å²) < 4.78 is 0. The summed E-state index contributed by atoms with van der Waals surface area (Å²) >= 11 is 0. The Bertz CT molecular complexity index is 168. The predicted octanol–water partition coefficient (Wildman–Crippen LogP) is 1.34. The molecule has 56 valence electrons. The number of aliphatic imine (C=N–C) groups is 1. The Kier molecular flexibility index (Phi) is 2.63. The molecular formula is C8H14N2. The maximum atomic E-state index is 4.31. The molecule has 0 bridgehead atoms. The molecule has 10 heavy (non-hydrogen) atoms. The molecule has 0 saturated heterocycles. The fourth-order valence-electron chi connectivity index (χ4n) is 1.09. The van der Waals surface area contributed by atoms with Gasteiger partial charge in [0.15, 0.2) is 0 Å². The highest BCUT2D eigenvalue weighted by Gasteiger charge is 2.00. The molecule has 0 amide bonds. The molecule has 0 aromatic rings. The van der Waals surface area contributed by atoms with Crippen molar-refractivity contribution in [2.75, 3.05) is 13.1 Å². The largest absolute Gasteiger partial charge is 0.308 e. The first-order chi connectivity index (χ1) is 4.84. The zero-order valence-electron chi connectivity index (χ0n) is 6.65. The Labute approximate surface area is 62.0 Å². The lowest BCUT2D eigenvalue weighted by molar-refractivity contribution is 0.836. The van der Waals surface area contributed by atoms with Gasteiger partial charge < -0.3 is 5.32 Å². The predicted molar refractivity (Wildman–Crippen MR) is 44.4 cm³/mol. The van der Waals surface area contributed by atoms with Crippen molar-refractivity contribution in [3.8, 4) is 0 Å². The minimum Gasteiger partial charge on any atom is -0.308 e. The third-order valence-electron chi connectivity index (χ3n) is 1.70. The van der Waals surface area contributed by atoms with Gasteiger partial charge in [-0.15, -0.1) is 0 Å². The molecule has 1 rings (SSSR count). The summed E-state index contributed by atoms with van der Waals surface area (Å²) in [6.45, 7) is 6.17. The molecular weight excluding hydrogens is 124 g/mol. The lowest BCUT2D eigenvalue weighted by Gasteiger charge is -2.01.